The monoisotopic (exact) mass is 349 g/mol. The van der Waals surface area contributed by atoms with Gasteiger partial charge >= 0.3 is 0 Å². The predicted molar refractivity (Wildman–Crippen MR) is 93.4 cm³/mol. The summed E-state index contributed by atoms with van der Waals surface area (Å²) in [4.78, 5) is 4.67. The predicted octanol–water partition coefficient (Wildman–Crippen LogP) is 5.72. The van der Waals surface area contributed by atoms with Crippen molar-refractivity contribution in [3.05, 3.63) is 68.5 Å². The van der Waals surface area contributed by atoms with E-state index in [4.69, 9.17) is 27.9 Å². The lowest BCUT2D eigenvalue weighted by Crippen LogP contribution is -1.89. The summed E-state index contributed by atoms with van der Waals surface area (Å²) >= 11 is 13.6. The van der Waals surface area contributed by atoms with E-state index in [2.05, 4.69) is 17.1 Å². The van der Waals surface area contributed by atoms with Crippen LogP contribution < -0.4 is 4.74 Å². The molecular formula is C17H13Cl2NOS. The van der Waals surface area contributed by atoms with E-state index < -0.39 is 0 Å². The fourth-order valence-electron chi connectivity index (χ4n) is 2.10. The SMILES string of the molecule is COc1ccc(Cc2nc(-c3ccc(Cl)c(Cl)c3)cs2)cc1. The van der Waals surface area contributed by atoms with Crippen molar-refractivity contribution in [1.29, 1.82) is 0 Å². The fraction of sp³-hybridized carbons (Fsp3) is 0.118. The smallest absolute Gasteiger partial charge is 0.118 e. The highest BCUT2D eigenvalue weighted by Crippen LogP contribution is 2.29. The van der Waals surface area contributed by atoms with Gasteiger partial charge in [0, 0.05) is 17.4 Å². The molecule has 0 atom stereocenters. The number of halogens is 2. The Labute approximate surface area is 143 Å². The molecule has 3 aromatic rings. The summed E-state index contributed by atoms with van der Waals surface area (Å²) in [6, 6.07) is 13.6. The lowest BCUT2D eigenvalue weighted by molar-refractivity contribution is 0.414. The van der Waals surface area contributed by atoms with Crippen LogP contribution in [-0.4, -0.2) is 12.1 Å². The van der Waals surface area contributed by atoms with E-state index in [1.54, 1.807) is 24.5 Å². The molecule has 3 rings (SSSR count). The van der Waals surface area contributed by atoms with Crippen molar-refractivity contribution < 1.29 is 4.74 Å². The van der Waals surface area contributed by atoms with Gasteiger partial charge in [0.2, 0.25) is 0 Å². The first-order valence-corrected chi connectivity index (χ1v) is 8.32. The van der Waals surface area contributed by atoms with E-state index in [-0.39, 0.29) is 0 Å². The maximum Gasteiger partial charge on any atom is 0.118 e. The van der Waals surface area contributed by atoms with Crippen molar-refractivity contribution in [2.24, 2.45) is 0 Å². The second-order valence-electron chi connectivity index (χ2n) is 4.78. The summed E-state index contributed by atoms with van der Waals surface area (Å²) in [6.45, 7) is 0. The van der Waals surface area contributed by atoms with Crippen molar-refractivity contribution >= 4 is 34.5 Å². The van der Waals surface area contributed by atoms with Gasteiger partial charge in [0.25, 0.3) is 0 Å². The maximum atomic E-state index is 6.06. The second kappa shape index (κ2) is 6.69. The van der Waals surface area contributed by atoms with Gasteiger partial charge in [0.1, 0.15) is 5.75 Å². The average molecular weight is 350 g/mol. The molecule has 0 aliphatic rings. The van der Waals surface area contributed by atoms with Gasteiger partial charge in [0.05, 0.1) is 27.9 Å². The van der Waals surface area contributed by atoms with E-state index in [0.717, 1.165) is 28.4 Å². The van der Waals surface area contributed by atoms with Gasteiger partial charge in [-0.2, -0.15) is 0 Å². The lowest BCUT2D eigenvalue weighted by Gasteiger charge is -2.02. The van der Waals surface area contributed by atoms with Crippen LogP contribution in [0.4, 0.5) is 0 Å². The summed E-state index contributed by atoms with van der Waals surface area (Å²) in [5.74, 6) is 0.861. The third kappa shape index (κ3) is 3.43. The third-order valence-electron chi connectivity index (χ3n) is 3.28. The van der Waals surface area contributed by atoms with E-state index in [9.17, 15) is 0 Å². The Morgan fingerprint density at radius 2 is 1.82 bits per heavy atom. The van der Waals surface area contributed by atoms with Gasteiger partial charge in [-0.25, -0.2) is 4.98 Å². The first-order chi connectivity index (χ1) is 10.7. The molecule has 0 saturated carbocycles. The topological polar surface area (TPSA) is 22.1 Å². The Morgan fingerprint density at radius 3 is 2.50 bits per heavy atom. The number of aromatic nitrogens is 1. The molecule has 2 nitrogen and oxygen atoms in total. The summed E-state index contributed by atoms with van der Waals surface area (Å²) in [5, 5.41) is 4.20. The lowest BCUT2D eigenvalue weighted by atomic mass is 10.1. The van der Waals surface area contributed by atoms with Crippen molar-refractivity contribution in [3.63, 3.8) is 0 Å². The van der Waals surface area contributed by atoms with E-state index >= 15 is 0 Å². The Hall–Kier alpha value is -1.55. The number of thiazole rings is 1. The molecule has 0 bridgehead atoms. The largest absolute Gasteiger partial charge is 0.497 e. The number of rotatable bonds is 4. The molecule has 22 heavy (non-hydrogen) atoms. The molecule has 0 spiro atoms. The first kappa shape index (κ1) is 15.3. The van der Waals surface area contributed by atoms with Gasteiger partial charge in [-0.3, -0.25) is 0 Å². The molecule has 0 amide bonds. The highest BCUT2D eigenvalue weighted by atomic mass is 35.5. The molecule has 1 aromatic heterocycles. The summed E-state index contributed by atoms with van der Waals surface area (Å²) < 4.78 is 5.17. The van der Waals surface area contributed by atoms with Gasteiger partial charge in [-0.05, 0) is 29.8 Å². The molecule has 0 aliphatic heterocycles. The second-order valence-corrected chi connectivity index (χ2v) is 6.54. The van der Waals surface area contributed by atoms with Crippen LogP contribution in [0.15, 0.2) is 47.8 Å². The van der Waals surface area contributed by atoms with Crippen molar-refractivity contribution in [2.45, 2.75) is 6.42 Å². The molecule has 0 radical (unpaired) electrons. The highest BCUT2D eigenvalue weighted by Gasteiger charge is 2.07. The molecule has 0 fully saturated rings. The molecular weight excluding hydrogens is 337 g/mol. The molecule has 0 N–H and O–H groups in total. The van der Waals surface area contributed by atoms with Gasteiger partial charge in [-0.1, -0.05) is 41.4 Å². The third-order valence-corrected chi connectivity index (χ3v) is 4.87. The number of hydrogen-bond donors (Lipinski definition) is 0. The summed E-state index contributed by atoms with van der Waals surface area (Å²) in [5.41, 5.74) is 3.11. The zero-order valence-corrected chi connectivity index (χ0v) is 14.2. The minimum absolute atomic E-state index is 0.545. The van der Waals surface area contributed by atoms with Crippen LogP contribution >= 0.6 is 34.5 Å². The van der Waals surface area contributed by atoms with Crippen LogP contribution in [0.25, 0.3) is 11.3 Å². The number of methoxy groups -OCH3 is 1. The number of benzene rings is 2. The molecule has 5 heteroatoms. The normalized spacial score (nSPS) is 10.7. The van der Waals surface area contributed by atoms with Crippen LogP contribution in [0.3, 0.4) is 0 Å². The van der Waals surface area contributed by atoms with E-state index in [1.165, 1.54) is 5.56 Å². The van der Waals surface area contributed by atoms with Gasteiger partial charge in [-0.15, -0.1) is 11.3 Å². The van der Waals surface area contributed by atoms with E-state index in [0.29, 0.717) is 10.0 Å². The molecule has 0 unspecified atom stereocenters. The van der Waals surface area contributed by atoms with Gasteiger partial charge < -0.3 is 4.74 Å². The van der Waals surface area contributed by atoms with Gasteiger partial charge in [0.15, 0.2) is 0 Å². The molecule has 1 heterocycles. The molecule has 0 saturated heterocycles. The quantitative estimate of drug-likeness (QED) is 0.601. The van der Waals surface area contributed by atoms with Crippen molar-refractivity contribution in [1.82, 2.24) is 4.98 Å². The minimum atomic E-state index is 0.545. The van der Waals surface area contributed by atoms with Crippen LogP contribution in [0, 0.1) is 0 Å². The minimum Gasteiger partial charge on any atom is -0.497 e. The van der Waals surface area contributed by atoms with Crippen LogP contribution in [0.2, 0.25) is 10.0 Å². The number of ether oxygens (including phenoxy) is 1. The van der Waals surface area contributed by atoms with Crippen LogP contribution in [0.1, 0.15) is 10.6 Å². The van der Waals surface area contributed by atoms with Crippen molar-refractivity contribution in [3.8, 4) is 17.0 Å². The average Bonchev–Trinajstić information content (AvgIpc) is 2.99. The first-order valence-electron chi connectivity index (χ1n) is 6.68. The zero-order valence-electron chi connectivity index (χ0n) is 11.8. The number of hydrogen-bond acceptors (Lipinski definition) is 3. The molecule has 112 valence electrons. The number of nitrogens with zero attached hydrogens (tertiary/aromatic N) is 1. The Bertz CT molecular complexity index is 784. The fourth-order valence-corrected chi connectivity index (χ4v) is 3.23. The summed E-state index contributed by atoms with van der Waals surface area (Å²) in [7, 11) is 1.67. The van der Waals surface area contributed by atoms with E-state index in [1.807, 2.05) is 29.6 Å². The van der Waals surface area contributed by atoms with Crippen LogP contribution in [0.5, 0.6) is 5.75 Å². The Morgan fingerprint density at radius 1 is 1.05 bits per heavy atom. The zero-order chi connectivity index (χ0) is 15.5. The highest BCUT2D eigenvalue weighted by molar-refractivity contribution is 7.10. The van der Waals surface area contributed by atoms with Crippen LogP contribution in [-0.2, 0) is 6.42 Å². The Kier molecular flexibility index (Phi) is 4.67. The van der Waals surface area contributed by atoms with Crippen molar-refractivity contribution in [2.75, 3.05) is 7.11 Å². The summed E-state index contributed by atoms with van der Waals surface area (Å²) in [6.07, 6.45) is 0.802. The Balaban J connectivity index is 1.79. The molecule has 0 aliphatic carbocycles. The maximum absolute atomic E-state index is 6.06. The molecule has 2 aromatic carbocycles. The standard InChI is InChI=1S/C17H13Cl2NOS/c1-21-13-5-2-11(3-6-13)8-17-20-16(10-22-17)12-4-7-14(18)15(19)9-12/h2-7,9-10H,8H2,1H3.